The van der Waals surface area contributed by atoms with E-state index in [-0.39, 0.29) is 11.9 Å². The van der Waals surface area contributed by atoms with Gasteiger partial charge in [-0.2, -0.15) is 0 Å². The zero-order chi connectivity index (χ0) is 19.1. The van der Waals surface area contributed by atoms with Crippen molar-refractivity contribution in [1.82, 2.24) is 4.90 Å². The van der Waals surface area contributed by atoms with E-state index in [0.29, 0.717) is 19.6 Å². The summed E-state index contributed by atoms with van der Waals surface area (Å²) in [5.41, 5.74) is 2.91. The molecule has 2 aromatic rings. The quantitative estimate of drug-likeness (QED) is 0.726. The standard InChI is InChI=1S/C22H27FN2O2/c1-2-7-20(26)15-25(14-17-8-6-11-19(23)12-17)16-21-13-22(24-27-21)18-9-4-3-5-10-18/h3-6,8-12,20-21,26H,2,7,13-16H2,1H3. The highest BCUT2D eigenvalue weighted by Gasteiger charge is 2.25. The van der Waals surface area contributed by atoms with Crippen molar-refractivity contribution in [2.45, 2.75) is 44.9 Å². The van der Waals surface area contributed by atoms with E-state index in [1.165, 1.54) is 6.07 Å². The maximum atomic E-state index is 13.5. The normalized spacial score (nSPS) is 17.6. The van der Waals surface area contributed by atoms with Gasteiger partial charge in [-0.3, -0.25) is 4.90 Å². The minimum atomic E-state index is -0.403. The van der Waals surface area contributed by atoms with E-state index in [2.05, 4.69) is 17.0 Å². The summed E-state index contributed by atoms with van der Waals surface area (Å²) in [5, 5.41) is 14.5. The summed E-state index contributed by atoms with van der Waals surface area (Å²) in [7, 11) is 0. The molecule has 0 amide bonds. The average Bonchev–Trinajstić information content (AvgIpc) is 3.11. The van der Waals surface area contributed by atoms with Crippen LogP contribution in [0.25, 0.3) is 0 Å². The van der Waals surface area contributed by atoms with E-state index in [9.17, 15) is 9.50 Å². The third-order valence-corrected chi connectivity index (χ3v) is 4.69. The van der Waals surface area contributed by atoms with Crippen LogP contribution in [0.2, 0.25) is 0 Å². The predicted molar refractivity (Wildman–Crippen MR) is 105 cm³/mol. The van der Waals surface area contributed by atoms with Crippen molar-refractivity contribution in [3.63, 3.8) is 0 Å². The smallest absolute Gasteiger partial charge is 0.145 e. The van der Waals surface area contributed by atoms with Gasteiger partial charge in [-0.15, -0.1) is 0 Å². The van der Waals surface area contributed by atoms with E-state index in [4.69, 9.17) is 4.84 Å². The first-order chi connectivity index (χ1) is 13.1. The first kappa shape index (κ1) is 19.5. The largest absolute Gasteiger partial charge is 0.392 e. The summed E-state index contributed by atoms with van der Waals surface area (Å²) in [6.07, 6.45) is 1.93. The summed E-state index contributed by atoms with van der Waals surface area (Å²) in [5.74, 6) is -0.242. The lowest BCUT2D eigenvalue weighted by atomic mass is 10.0. The van der Waals surface area contributed by atoms with Crippen molar-refractivity contribution in [2.24, 2.45) is 5.16 Å². The van der Waals surface area contributed by atoms with Gasteiger partial charge in [0.25, 0.3) is 0 Å². The minimum Gasteiger partial charge on any atom is -0.392 e. The molecule has 0 aromatic heterocycles. The topological polar surface area (TPSA) is 45.1 Å². The Bertz CT molecular complexity index is 751. The van der Waals surface area contributed by atoms with Gasteiger partial charge in [0.1, 0.15) is 11.9 Å². The molecule has 1 aliphatic rings. The monoisotopic (exact) mass is 370 g/mol. The van der Waals surface area contributed by atoms with Crippen molar-refractivity contribution in [3.8, 4) is 0 Å². The van der Waals surface area contributed by atoms with E-state index < -0.39 is 6.10 Å². The molecule has 144 valence electrons. The molecule has 0 saturated heterocycles. The van der Waals surface area contributed by atoms with Crippen molar-refractivity contribution >= 4 is 5.71 Å². The maximum absolute atomic E-state index is 13.5. The molecule has 2 aromatic carbocycles. The first-order valence-corrected chi connectivity index (χ1v) is 9.57. The van der Waals surface area contributed by atoms with E-state index in [1.54, 1.807) is 12.1 Å². The molecular formula is C22H27FN2O2. The van der Waals surface area contributed by atoms with Crippen LogP contribution in [0, 0.1) is 5.82 Å². The number of halogens is 1. The van der Waals surface area contributed by atoms with Crippen LogP contribution < -0.4 is 0 Å². The number of nitrogens with zero attached hydrogens (tertiary/aromatic N) is 2. The van der Waals surface area contributed by atoms with Gasteiger partial charge in [0.15, 0.2) is 0 Å². The van der Waals surface area contributed by atoms with E-state index >= 15 is 0 Å². The Kier molecular flexibility index (Phi) is 6.96. The average molecular weight is 370 g/mol. The molecule has 1 N–H and O–H groups in total. The van der Waals surface area contributed by atoms with Crippen LogP contribution in [0.1, 0.15) is 37.3 Å². The van der Waals surface area contributed by atoms with Crippen LogP contribution in [0.15, 0.2) is 59.8 Å². The van der Waals surface area contributed by atoms with Crippen molar-refractivity contribution in [2.75, 3.05) is 13.1 Å². The van der Waals surface area contributed by atoms with Gasteiger partial charge in [0.05, 0.1) is 11.8 Å². The molecule has 0 saturated carbocycles. The van der Waals surface area contributed by atoms with Gasteiger partial charge in [-0.25, -0.2) is 4.39 Å². The predicted octanol–water partition coefficient (Wildman–Crippen LogP) is 3.98. The summed E-state index contributed by atoms with van der Waals surface area (Å²) in [6, 6.07) is 16.6. The fourth-order valence-corrected chi connectivity index (χ4v) is 3.44. The van der Waals surface area contributed by atoms with Crippen molar-refractivity contribution < 1.29 is 14.3 Å². The fraction of sp³-hybridized carbons (Fsp3) is 0.409. The van der Waals surface area contributed by atoms with Crippen LogP contribution in [0.3, 0.4) is 0 Å². The Labute approximate surface area is 160 Å². The van der Waals surface area contributed by atoms with Crippen molar-refractivity contribution in [3.05, 3.63) is 71.5 Å². The minimum absolute atomic E-state index is 0.0670. The van der Waals surface area contributed by atoms with E-state index in [1.807, 2.05) is 36.4 Å². The number of hydrogen-bond acceptors (Lipinski definition) is 4. The second-order valence-electron chi connectivity index (χ2n) is 7.10. The van der Waals surface area contributed by atoms with Crippen molar-refractivity contribution in [1.29, 1.82) is 0 Å². The molecule has 27 heavy (non-hydrogen) atoms. The number of hydrogen-bond donors (Lipinski definition) is 1. The Morgan fingerprint density at radius 3 is 2.78 bits per heavy atom. The highest BCUT2D eigenvalue weighted by Crippen LogP contribution is 2.19. The third kappa shape index (κ3) is 5.88. The Morgan fingerprint density at radius 1 is 1.22 bits per heavy atom. The number of aliphatic hydroxyl groups is 1. The Balaban J connectivity index is 1.63. The molecule has 2 unspecified atom stereocenters. The lowest BCUT2D eigenvalue weighted by Gasteiger charge is -2.27. The highest BCUT2D eigenvalue weighted by molar-refractivity contribution is 6.01. The summed E-state index contributed by atoms with van der Waals surface area (Å²) in [4.78, 5) is 7.77. The van der Waals surface area contributed by atoms with Crippen LogP contribution in [-0.4, -0.2) is 41.0 Å². The summed E-state index contributed by atoms with van der Waals surface area (Å²) < 4.78 is 13.5. The summed E-state index contributed by atoms with van der Waals surface area (Å²) in [6.45, 7) is 3.79. The number of oxime groups is 1. The van der Waals surface area contributed by atoms with Gasteiger partial charge in [-0.05, 0) is 29.7 Å². The third-order valence-electron chi connectivity index (χ3n) is 4.69. The number of benzene rings is 2. The highest BCUT2D eigenvalue weighted by atomic mass is 19.1. The zero-order valence-corrected chi connectivity index (χ0v) is 15.7. The fourth-order valence-electron chi connectivity index (χ4n) is 3.44. The molecule has 0 spiro atoms. The van der Waals surface area contributed by atoms with Gasteiger partial charge in [0, 0.05) is 26.1 Å². The second-order valence-corrected chi connectivity index (χ2v) is 7.10. The van der Waals surface area contributed by atoms with Gasteiger partial charge in [-0.1, -0.05) is 61.0 Å². The Hall–Kier alpha value is -2.24. The van der Waals surface area contributed by atoms with Crippen LogP contribution in [-0.2, 0) is 11.4 Å². The number of rotatable bonds is 9. The molecule has 1 heterocycles. The molecule has 4 nitrogen and oxygen atoms in total. The SMILES string of the molecule is CCCC(O)CN(Cc1cccc(F)c1)CC1CC(c2ccccc2)=NO1. The molecule has 3 rings (SSSR count). The second kappa shape index (κ2) is 9.62. The molecule has 1 aliphatic heterocycles. The summed E-state index contributed by atoms with van der Waals surface area (Å²) >= 11 is 0. The van der Waals surface area contributed by atoms with E-state index in [0.717, 1.165) is 36.1 Å². The molecule has 5 heteroatoms. The first-order valence-electron chi connectivity index (χ1n) is 9.57. The van der Waals surface area contributed by atoms with Gasteiger partial charge in [0.2, 0.25) is 0 Å². The Morgan fingerprint density at radius 2 is 2.04 bits per heavy atom. The number of aliphatic hydroxyl groups excluding tert-OH is 1. The van der Waals surface area contributed by atoms with Gasteiger partial charge >= 0.3 is 0 Å². The molecule has 0 fully saturated rings. The lowest BCUT2D eigenvalue weighted by molar-refractivity contribution is 0.0305. The molecular weight excluding hydrogens is 343 g/mol. The maximum Gasteiger partial charge on any atom is 0.145 e. The lowest BCUT2D eigenvalue weighted by Crippen LogP contribution is -2.37. The molecule has 0 radical (unpaired) electrons. The van der Waals surface area contributed by atoms with Gasteiger partial charge < -0.3 is 9.94 Å². The zero-order valence-electron chi connectivity index (χ0n) is 15.7. The van der Waals surface area contributed by atoms with Crippen LogP contribution in [0.4, 0.5) is 4.39 Å². The van der Waals surface area contributed by atoms with Crippen LogP contribution >= 0.6 is 0 Å². The van der Waals surface area contributed by atoms with Crippen LogP contribution in [0.5, 0.6) is 0 Å². The molecule has 2 atom stereocenters. The molecule has 0 bridgehead atoms. The molecule has 0 aliphatic carbocycles.